The molecule has 0 aliphatic heterocycles. The molecule has 2 N–H and O–H groups in total. The average Bonchev–Trinajstić information content (AvgIpc) is 2.67. The van der Waals surface area contributed by atoms with Crippen molar-refractivity contribution in [3.63, 3.8) is 0 Å². The first kappa shape index (κ1) is 23.1. The van der Waals surface area contributed by atoms with Gasteiger partial charge in [0.15, 0.2) is 0 Å². The number of nitrogens with zero attached hydrogens (tertiary/aromatic N) is 2. The summed E-state index contributed by atoms with van der Waals surface area (Å²) in [7, 11) is -6.89. The summed E-state index contributed by atoms with van der Waals surface area (Å²) in [6, 6.07) is 5.58. The van der Waals surface area contributed by atoms with Gasteiger partial charge in [-0.05, 0) is 0 Å². The molecule has 2 amide bonds. The summed E-state index contributed by atoms with van der Waals surface area (Å²) in [5.74, 6) is 1.76. The molecule has 13 heteroatoms. The fourth-order valence-electron chi connectivity index (χ4n) is 2.28. The van der Waals surface area contributed by atoms with E-state index in [0.717, 1.165) is 6.07 Å². The minimum absolute atomic E-state index is 0.0121. The summed E-state index contributed by atoms with van der Waals surface area (Å²) < 4.78 is 57.5. The molecule has 0 bridgehead atoms. The molecule has 158 valence electrons. The van der Waals surface area contributed by atoms with E-state index in [-0.39, 0.29) is 37.4 Å². The van der Waals surface area contributed by atoms with E-state index in [2.05, 4.69) is 15.3 Å². The molecule has 0 spiro atoms. The summed E-state index contributed by atoms with van der Waals surface area (Å²) in [5, 5.41) is 2.23. The number of carbonyl (C=O) groups is 1. The number of amides is 2. The molecule has 0 atom stereocenters. The number of anilines is 1. The minimum atomic E-state index is -4.47. The zero-order chi connectivity index (χ0) is 21.7. The van der Waals surface area contributed by atoms with Crippen molar-refractivity contribution in [3.8, 4) is 5.88 Å². The van der Waals surface area contributed by atoms with Gasteiger partial charge in [-0.25, -0.2) is 0 Å². The van der Waals surface area contributed by atoms with Crippen molar-refractivity contribution in [2.24, 2.45) is 0 Å². The van der Waals surface area contributed by atoms with E-state index >= 15 is 0 Å². The van der Waals surface area contributed by atoms with Crippen LogP contribution in [-0.4, -0.2) is 60.7 Å². The van der Waals surface area contributed by atoms with Gasteiger partial charge in [0, 0.05) is 0 Å². The van der Waals surface area contributed by atoms with Crippen LogP contribution in [0.4, 0.5) is 10.7 Å². The third-order valence-electron chi connectivity index (χ3n) is 3.50. The number of aromatic nitrogens is 2. The standard InChI is InChI=1S/C16H20N4O6S2Se/c1-4-9-27(22,23)11-7-5-6-8-12(11)28(24,25)20-16(21)19-15-17-13(26-2)10-14(18-15)29-3/h5-8,10H,4,9H2,1-3H3,(H2,17,18,19,20,21). The second-order valence-corrected chi connectivity index (χ2v) is 11.1. The molecule has 29 heavy (non-hydrogen) atoms. The Morgan fingerprint density at radius 1 is 1.14 bits per heavy atom. The maximum atomic E-state index is 12.7. The number of hydrogen-bond acceptors (Lipinski definition) is 8. The zero-order valence-corrected chi connectivity index (χ0v) is 19.2. The number of sulfone groups is 1. The normalized spacial score (nSPS) is 11.7. The number of rotatable bonds is 8. The molecule has 0 aliphatic carbocycles. The van der Waals surface area contributed by atoms with E-state index in [9.17, 15) is 21.6 Å². The van der Waals surface area contributed by atoms with Crippen LogP contribution < -0.4 is 19.4 Å². The summed E-state index contributed by atoms with van der Waals surface area (Å²) in [4.78, 5) is 19.4. The Hall–Kier alpha value is -2.21. The first-order valence-corrected chi connectivity index (χ1v) is 14.0. The van der Waals surface area contributed by atoms with E-state index in [4.69, 9.17) is 4.74 Å². The van der Waals surface area contributed by atoms with Crippen LogP contribution >= 0.6 is 0 Å². The van der Waals surface area contributed by atoms with Crippen molar-refractivity contribution in [2.45, 2.75) is 29.0 Å². The fraction of sp³-hybridized carbons (Fsp3) is 0.312. The molecular weight excluding hydrogens is 487 g/mol. The van der Waals surface area contributed by atoms with Crippen LogP contribution in [0, 0.1) is 0 Å². The van der Waals surface area contributed by atoms with Crippen molar-refractivity contribution in [1.82, 2.24) is 14.7 Å². The molecule has 0 saturated heterocycles. The Balaban J connectivity index is 2.30. The van der Waals surface area contributed by atoms with Gasteiger partial charge in [0.1, 0.15) is 0 Å². The van der Waals surface area contributed by atoms with Gasteiger partial charge >= 0.3 is 169 Å². The Morgan fingerprint density at radius 3 is 2.38 bits per heavy atom. The number of ether oxygens (including phenoxy) is 1. The van der Waals surface area contributed by atoms with E-state index in [1.807, 2.05) is 5.82 Å². The van der Waals surface area contributed by atoms with Gasteiger partial charge in [-0.15, -0.1) is 0 Å². The van der Waals surface area contributed by atoms with Crippen LogP contribution in [0.15, 0.2) is 40.1 Å². The second-order valence-electron chi connectivity index (χ2n) is 5.60. The quantitative estimate of drug-likeness (QED) is 0.493. The van der Waals surface area contributed by atoms with Gasteiger partial charge < -0.3 is 0 Å². The number of hydrogen-bond donors (Lipinski definition) is 2. The molecule has 1 heterocycles. The van der Waals surface area contributed by atoms with Crippen molar-refractivity contribution < 1.29 is 26.4 Å². The van der Waals surface area contributed by atoms with Crippen LogP contribution in [-0.2, 0) is 19.9 Å². The number of urea groups is 1. The third-order valence-corrected chi connectivity index (χ3v) is 8.30. The third kappa shape index (κ3) is 5.89. The van der Waals surface area contributed by atoms with Crippen LogP contribution in [0.1, 0.15) is 13.3 Å². The van der Waals surface area contributed by atoms with E-state index < -0.39 is 30.8 Å². The molecule has 0 saturated carbocycles. The van der Waals surface area contributed by atoms with Crippen LogP contribution in [0.5, 0.6) is 5.88 Å². The van der Waals surface area contributed by atoms with Gasteiger partial charge in [0.05, 0.1) is 0 Å². The van der Waals surface area contributed by atoms with Crippen molar-refractivity contribution in [1.29, 1.82) is 0 Å². The summed E-state index contributed by atoms with van der Waals surface area (Å²) >= 11 is -0.0121. The van der Waals surface area contributed by atoms with E-state index in [1.165, 1.54) is 25.3 Å². The summed E-state index contributed by atoms with van der Waals surface area (Å²) in [5.41, 5.74) is 0. The van der Waals surface area contributed by atoms with E-state index in [1.54, 1.807) is 17.7 Å². The molecular formula is C16H20N4O6S2Se. The van der Waals surface area contributed by atoms with Gasteiger partial charge in [-0.1, -0.05) is 6.92 Å². The number of benzene rings is 1. The van der Waals surface area contributed by atoms with Gasteiger partial charge in [0.2, 0.25) is 0 Å². The molecule has 1 aromatic heterocycles. The molecule has 0 fully saturated rings. The van der Waals surface area contributed by atoms with Crippen LogP contribution in [0.2, 0.25) is 5.82 Å². The average molecular weight is 507 g/mol. The molecule has 0 radical (unpaired) electrons. The summed E-state index contributed by atoms with van der Waals surface area (Å²) in [6.45, 7) is 1.67. The topological polar surface area (TPSA) is 144 Å². The Labute approximate surface area is 175 Å². The molecule has 10 nitrogen and oxygen atoms in total. The molecule has 1 aromatic carbocycles. The molecule has 0 aliphatic rings. The summed E-state index contributed by atoms with van der Waals surface area (Å²) in [6.07, 6.45) is 0.319. The van der Waals surface area contributed by atoms with Gasteiger partial charge in [-0.3, -0.25) is 0 Å². The predicted molar refractivity (Wildman–Crippen MR) is 108 cm³/mol. The fourth-order valence-corrected chi connectivity index (χ4v) is 6.24. The molecule has 2 rings (SSSR count). The van der Waals surface area contributed by atoms with Gasteiger partial charge in [0.25, 0.3) is 0 Å². The van der Waals surface area contributed by atoms with Crippen LogP contribution in [0.3, 0.4) is 0 Å². The van der Waals surface area contributed by atoms with Crippen molar-refractivity contribution in [2.75, 3.05) is 18.2 Å². The SMILES string of the molecule is CCCS(=O)(=O)c1ccccc1S(=O)(=O)NC(=O)Nc1nc(OC)cc([Se]C)n1. The maximum absolute atomic E-state index is 12.7. The number of sulfonamides is 1. The molecule has 0 unspecified atom stereocenters. The van der Waals surface area contributed by atoms with Gasteiger partial charge in [-0.2, -0.15) is 0 Å². The van der Waals surface area contributed by atoms with E-state index in [0.29, 0.717) is 11.0 Å². The first-order valence-electron chi connectivity index (χ1n) is 8.25. The zero-order valence-electron chi connectivity index (χ0n) is 15.9. The first-order chi connectivity index (χ1) is 13.6. The Kier molecular flexibility index (Phi) is 7.58. The molecule has 2 aromatic rings. The monoisotopic (exact) mass is 508 g/mol. The number of carbonyl (C=O) groups excluding carboxylic acids is 1. The number of methoxy groups -OCH3 is 1. The van der Waals surface area contributed by atoms with Crippen molar-refractivity contribution in [3.05, 3.63) is 30.3 Å². The predicted octanol–water partition coefficient (Wildman–Crippen LogP) is 0.557. The Bertz CT molecular complexity index is 1080. The van der Waals surface area contributed by atoms with Crippen molar-refractivity contribution >= 4 is 51.4 Å². The second kappa shape index (κ2) is 9.53. The number of nitrogens with one attached hydrogen (secondary N) is 2. The van der Waals surface area contributed by atoms with Crippen LogP contribution in [0.25, 0.3) is 0 Å². The Morgan fingerprint density at radius 2 is 1.79 bits per heavy atom.